The van der Waals surface area contributed by atoms with E-state index in [1.807, 2.05) is 58.0 Å². The highest BCUT2D eigenvalue weighted by atomic mass is 16.7. The molecule has 0 unspecified atom stereocenters. The van der Waals surface area contributed by atoms with Crippen LogP contribution in [0.3, 0.4) is 0 Å². The predicted molar refractivity (Wildman–Crippen MR) is 90.3 cm³/mol. The van der Waals surface area contributed by atoms with Crippen molar-refractivity contribution in [1.82, 2.24) is 0 Å². The summed E-state index contributed by atoms with van der Waals surface area (Å²) in [5, 5.41) is 0. The largest absolute Gasteiger partial charge is 0.466 e. The molecule has 0 spiro atoms. The molecule has 0 N–H and O–H groups in total. The third-order valence-electron chi connectivity index (χ3n) is 4.15. The van der Waals surface area contributed by atoms with E-state index in [2.05, 4.69) is 0 Å². The number of benzene rings is 1. The molecule has 1 aromatic carbocycles. The molecule has 5 heteroatoms. The van der Waals surface area contributed by atoms with Crippen molar-refractivity contribution in [2.75, 3.05) is 13.2 Å². The first-order chi connectivity index (χ1) is 11.3. The molecule has 5 nitrogen and oxygen atoms in total. The zero-order valence-corrected chi connectivity index (χ0v) is 15.2. The predicted octanol–water partition coefficient (Wildman–Crippen LogP) is 3.31. The number of carbonyl (C=O) groups is 1. The Morgan fingerprint density at radius 2 is 2.00 bits per heavy atom. The lowest BCUT2D eigenvalue weighted by Crippen LogP contribution is -2.48. The summed E-state index contributed by atoms with van der Waals surface area (Å²) in [7, 11) is 0. The quantitative estimate of drug-likeness (QED) is 0.715. The van der Waals surface area contributed by atoms with Gasteiger partial charge in [-0.15, -0.1) is 0 Å². The van der Waals surface area contributed by atoms with Crippen LogP contribution >= 0.6 is 0 Å². The van der Waals surface area contributed by atoms with Crippen molar-refractivity contribution in [3.63, 3.8) is 0 Å². The molecule has 2 rings (SSSR count). The monoisotopic (exact) mass is 336 g/mol. The van der Waals surface area contributed by atoms with Gasteiger partial charge in [0.1, 0.15) is 12.2 Å². The lowest BCUT2D eigenvalue weighted by molar-refractivity contribution is -0.188. The fraction of sp³-hybridized carbons (Fsp3) is 0.632. The molecule has 1 aliphatic heterocycles. The van der Waals surface area contributed by atoms with Gasteiger partial charge in [0, 0.05) is 0 Å². The van der Waals surface area contributed by atoms with Crippen LogP contribution in [0.1, 0.15) is 40.2 Å². The molecule has 0 aromatic heterocycles. The van der Waals surface area contributed by atoms with Crippen LogP contribution in [0, 0.1) is 5.41 Å². The number of carbonyl (C=O) groups excluding carboxylic acids is 1. The van der Waals surface area contributed by atoms with E-state index < -0.39 is 17.3 Å². The van der Waals surface area contributed by atoms with Crippen LogP contribution < -0.4 is 0 Å². The summed E-state index contributed by atoms with van der Waals surface area (Å²) in [4.78, 5) is 12.4. The van der Waals surface area contributed by atoms with Crippen molar-refractivity contribution in [1.29, 1.82) is 0 Å². The lowest BCUT2D eigenvalue weighted by atomic mass is 9.83. The highest BCUT2D eigenvalue weighted by molar-refractivity contribution is 5.76. The van der Waals surface area contributed by atoms with Crippen molar-refractivity contribution in [3.05, 3.63) is 35.9 Å². The Bertz CT molecular complexity index is 538. The molecule has 1 heterocycles. The molecule has 1 aliphatic rings. The Hall–Kier alpha value is -1.43. The smallest absolute Gasteiger partial charge is 0.314 e. The Morgan fingerprint density at radius 3 is 2.54 bits per heavy atom. The van der Waals surface area contributed by atoms with Crippen molar-refractivity contribution >= 4 is 5.97 Å². The van der Waals surface area contributed by atoms with Gasteiger partial charge in [-0.1, -0.05) is 30.3 Å². The van der Waals surface area contributed by atoms with Crippen LogP contribution in [0.5, 0.6) is 0 Å². The van der Waals surface area contributed by atoms with Crippen LogP contribution in [0.15, 0.2) is 30.3 Å². The first-order valence-electron chi connectivity index (χ1n) is 8.41. The fourth-order valence-electron chi connectivity index (χ4n) is 2.84. The normalized spacial score (nSPS) is 21.5. The minimum absolute atomic E-state index is 0.295. The van der Waals surface area contributed by atoms with Crippen LogP contribution in [0.25, 0.3) is 0 Å². The second-order valence-electron chi connectivity index (χ2n) is 7.03. The topological polar surface area (TPSA) is 54.0 Å². The molecule has 1 saturated heterocycles. The second-order valence-corrected chi connectivity index (χ2v) is 7.03. The Morgan fingerprint density at radius 1 is 1.33 bits per heavy atom. The van der Waals surface area contributed by atoms with E-state index in [-0.39, 0.29) is 12.1 Å². The number of rotatable bonds is 7. The molecule has 24 heavy (non-hydrogen) atoms. The Labute approximate surface area is 144 Å². The van der Waals surface area contributed by atoms with Gasteiger partial charge in [-0.2, -0.15) is 0 Å². The third-order valence-corrected chi connectivity index (χ3v) is 4.15. The Balaban J connectivity index is 2.16. The van der Waals surface area contributed by atoms with E-state index in [0.29, 0.717) is 19.8 Å². The maximum Gasteiger partial charge on any atom is 0.314 e. The van der Waals surface area contributed by atoms with E-state index in [4.69, 9.17) is 18.9 Å². The molecule has 0 amide bonds. The lowest BCUT2D eigenvalue weighted by Gasteiger charge is -2.35. The second kappa shape index (κ2) is 7.64. The summed E-state index contributed by atoms with van der Waals surface area (Å²) in [5.74, 6) is -0.972. The number of hydrogen-bond acceptors (Lipinski definition) is 5. The van der Waals surface area contributed by atoms with Crippen LogP contribution in [-0.4, -0.2) is 37.2 Å². The summed E-state index contributed by atoms with van der Waals surface area (Å²) >= 11 is 0. The molecule has 0 radical (unpaired) electrons. The average Bonchev–Trinajstić information content (AvgIpc) is 2.88. The van der Waals surface area contributed by atoms with Gasteiger partial charge in [0.25, 0.3) is 0 Å². The highest BCUT2D eigenvalue weighted by Gasteiger charge is 2.48. The van der Waals surface area contributed by atoms with Crippen molar-refractivity contribution in [2.45, 2.75) is 59.2 Å². The molecule has 0 aliphatic carbocycles. The zero-order chi connectivity index (χ0) is 17.8. The summed E-state index contributed by atoms with van der Waals surface area (Å²) in [6, 6.07) is 9.86. The summed E-state index contributed by atoms with van der Waals surface area (Å²) in [5.41, 5.74) is 0.194. The van der Waals surface area contributed by atoms with Gasteiger partial charge in [0.2, 0.25) is 0 Å². The van der Waals surface area contributed by atoms with E-state index in [1.165, 1.54) is 0 Å². The van der Waals surface area contributed by atoms with E-state index in [0.717, 1.165) is 5.56 Å². The van der Waals surface area contributed by atoms with E-state index >= 15 is 0 Å². The molecule has 1 fully saturated rings. The van der Waals surface area contributed by atoms with Crippen molar-refractivity contribution < 1.29 is 23.7 Å². The third kappa shape index (κ3) is 4.56. The maximum atomic E-state index is 12.4. The first kappa shape index (κ1) is 18.9. The molecular weight excluding hydrogens is 308 g/mol. The first-order valence-corrected chi connectivity index (χ1v) is 8.41. The van der Waals surface area contributed by atoms with Crippen molar-refractivity contribution in [3.8, 4) is 0 Å². The molecule has 1 aromatic rings. The highest BCUT2D eigenvalue weighted by Crippen LogP contribution is 2.35. The van der Waals surface area contributed by atoms with Gasteiger partial charge in [-0.25, -0.2) is 0 Å². The number of ether oxygens (including phenoxy) is 4. The van der Waals surface area contributed by atoms with Crippen LogP contribution in [0.2, 0.25) is 0 Å². The van der Waals surface area contributed by atoms with E-state index in [1.54, 1.807) is 6.92 Å². The van der Waals surface area contributed by atoms with Crippen molar-refractivity contribution in [2.24, 2.45) is 5.41 Å². The average molecular weight is 336 g/mol. The van der Waals surface area contributed by atoms with Gasteiger partial charge in [0.15, 0.2) is 5.79 Å². The number of esters is 1. The SMILES string of the molecule is CCOC(=O)C(C)(C)[C@@H](OCc1ccccc1)[C@H]1COC(C)(C)O1. The van der Waals surface area contributed by atoms with Gasteiger partial charge in [-0.3, -0.25) is 4.79 Å². The Kier molecular flexibility index (Phi) is 6.01. The number of hydrogen-bond donors (Lipinski definition) is 0. The molecule has 0 saturated carbocycles. The van der Waals surface area contributed by atoms with Gasteiger partial charge < -0.3 is 18.9 Å². The minimum Gasteiger partial charge on any atom is -0.466 e. The van der Waals surface area contributed by atoms with Gasteiger partial charge >= 0.3 is 5.97 Å². The molecular formula is C19H28O5. The van der Waals surface area contributed by atoms with E-state index in [9.17, 15) is 4.79 Å². The minimum atomic E-state index is -0.848. The maximum absolute atomic E-state index is 12.4. The summed E-state index contributed by atoms with van der Waals surface area (Å²) < 4.78 is 23.0. The van der Waals surface area contributed by atoms with Gasteiger partial charge in [-0.05, 0) is 40.2 Å². The van der Waals surface area contributed by atoms with Crippen LogP contribution in [0.4, 0.5) is 0 Å². The standard InChI is InChI=1S/C19H28O5/c1-6-21-17(20)18(2,3)16(15-13-23-19(4,5)24-15)22-12-14-10-8-7-9-11-14/h7-11,15-16H,6,12-13H2,1-5H3/t15-,16+/m1/s1. The molecule has 134 valence electrons. The van der Waals surface area contributed by atoms with Crippen LogP contribution in [-0.2, 0) is 30.3 Å². The summed E-state index contributed by atoms with van der Waals surface area (Å²) in [6.07, 6.45) is -0.804. The summed E-state index contributed by atoms with van der Waals surface area (Å²) in [6.45, 7) is 10.3. The fourth-order valence-corrected chi connectivity index (χ4v) is 2.84. The zero-order valence-electron chi connectivity index (χ0n) is 15.2. The molecule has 2 atom stereocenters. The molecule has 0 bridgehead atoms. The van der Waals surface area contributed by atoms with Gasteiger partial charge in [0.05, 0.1) is 25.2 Å².